The number of hydrogen-bond acceptors (Lipinski definition) is 4. The number of nitro groups is 1. The molecule has 0 radical (unpaired) electrons. The van der Waals surface area contributed by atoms with Crippen molar-refractivity contribution in [2.75, 3.05) is 6.54 Å². The van der Waals surface area contributed by atoms with Gasteiger partial charge in [0.2, 0.25) is 0 Å². The van der Waals surface area contributed by atoms with Gasteiger partial charge in [0.25, 0.3) is 0 Å². The first-order chi connectivity index (χ1) is 10.3. The van der Waals surface area contributed by atoms with E-state index in [1.807, 2.05) is 6.92 Å². The second-order valence-corrected chi connectivity index (χ2v) is 4.85. The maximum atomic E-state index is 12.6. The predicted molar refractivity (Wildman–Crippen MR) is 73.5 cm³/mol. The minimum atomic E-state index is -4.63. The molecule has 8 heteroatoms. The van der Waals surface area contributed by atoms with Crippen LogP contribution in [-0.4, -0.2) is 17.6 Å². The van der Waals surface area contributed by atoms with E-state index in [2.05, 4.69) is 5.32 Å². The van der Waals surface area contributed by atoms with Crippen molar-refractivity contribution in [1.82, 2.24) is 5.32 Å². The Hall–Kier alpha value is -2.25. The van der Waals surface area contributed by atoms with E-state index in [0.717, 1.165) is 24.3 Å². The van der Waals surface area contributed by atoms with Crippen LogP contribution in [0.3, 0.4) is 0 Å². The minimum Gasteiger partial charge on any atom is -0.479 e. The van der Waals surface area contributed by atoms with Crippen LogP contribution in [0.2, 0.25) is 0 Å². The van der Waals surface area contributed by atoms with Crippen molar-refractivity contribution in [2.24, 2.45) is 0 Å². The highest BCUT2D eigenvalue weighted by atomic mass is 19.4. The van der Waals surface area contributed by atoms with Crippen LogP contribution in [0.25, 0.3) is 0 Å². The molecule has 1 heterocycles. The van der Waals surface area contributed by atoms with Gasteiger partial charge in [-0.25, -0.2) is 0 Å². The van der Waals surface area contributed by atoms with E-state index in [1.165, 1.54) is 0 Å². The van der Waals surface area contributed by atoms with Crippen LogP contribution in [-0.2, 0) is 6.18 Å². The van der Waals surface area contributed by atoms with Gasteiger partial charge in [0.05, 0.1) is 10.5 Å². The summed E-state index contributed by atoms with van der Waals surface area (Å²) in [6.07, 6.45) is -1.89. The first-order valence-corrected chi connectivity index (χ1v) is 6.78. The summed E-state index contributed by atoms with van der Waals surface area (Å²) in [4.78, 5) is 10.1. The van der Waals surface area contributed by atoms with Crippen molar-refractivity contribution in [3.8, 4) is 5.75 Å². The summed E-state index contributed by atoms with van der Waals surface area (Å²) < 4.78 is 43.4. The van der Waals surface area contributed by atoms with Crippen LogP contribution in [0, 0.1) is 10.1 Å². The second-order valence-electron chi connectivity index (χ2n) is 4.85. The molecule has 0 amide bonds. The van der Waals surface area contributed by atoms with Crippen molar-refractivity contribution in [3.05, 3.63) is 45.6 Å². The number of nitrogens with one attached hydrogen (secondary N) is 1. The summed E-state index contributed by atoms with van der Waals surface area (Å²) in [5.74, 6) is -0.156. The highest BCUT2D eigenvalue weighted by Gasteiger charge is 2.33. The predicted octanol–water partition coefficient (Wildman–Crippen LogP) is 3.65. The van der Waals surface area contributed by atoms with E-state index in [-0.39, 0.29) is 5.75 Å². The molecule has 0 bridgehead atoms. The number of rotatable bonds is 4. The van der Waals surface area contributed by atoms with Gasteiger partial charge in [-0.15, -0.1) is 0 Å². The molecule has 1 aromatic rings. The van der Waals surface area contributed by atoms with E-state index in [4.69, 9.17) is 4.74 Å². The van der Waals surface area contributed by atoms with Crippen molar-refractivity contribution < 1.29 is 22.8 Å². The zero-order valence-electron chi connectivity index (χ0n) is 11.8. The van der Waals surface area contributed by atoms with Crippen LogP contribution in [0.1, 0.15) is 25.3 Å². The summed E-state index contributed by atoms with van der Waals surface area (Å²) in [7, 11) is 0. The average Bonchev–Trinajstić information content (AvgIpc) is 2.46. The molecular weight excluding hydrogens is 301 g/mol. The van der Waals surface area contributed by atoms with E-state index >= 15 is 0 Å². The summed E-state index contributed by atoms with van der Waals surface area (Å²) in [5.41, 5.74) is -0.799. The second kappa shape index (κ2) is 6.25. The number of benzene rings is 1. The molecule has 0 saturated carbocycles. The van der Waals surface area contributed by atoms with E-state index < -0.39 is 28.5 Å². The Labute approximate surface area is 124 Å². The maximum absolute atomic E-state index is 12.6. The molecule has 120 valence electrons. The van der Waals surface area contributed by atoms with E-state index in [0.29, 0.717) is 19.0 Å². The van der Waals surface area contributed by atoms with Crippen LogP contribution >= 0.6 is 0 Å². The lowest BCUT2D eigenvalue weighted by Gasteiger charge is -2.23. The van der Waals surface area contributed by atoms with E-state index in [9.17, 15) is 23.3 Å². The molecule has 0 fully saturated rings. The van der Waals surface area contributed by atoms with Gasteiger partial charge in [-0.2, -0.15) is 13.2 Å². The Kier molecular flexibility index (Phi) is 4.58. The Bertz CT molecular complexity index is 599. The van der Waals surface area contributed by atoms with Crippen molar-refractivity contribution in [2.45, 2.75) is 32.0 Å². The summed E-state index contributed by atoms with van der Waals surface area (Å²) >= 11 is 0. The summed E-state index contributed by atoms with van der Waals surface area (Å²) in [5, 5.41) is 14.1. The maximum Gasteiger partial charge on any atom is 0.416 e. The Morgan fingerprint density at radius 3 is 2.77 bits per heavy atom. The Morgan fingerprint density at radius 1 is 1.45 bits per heavy atom. The molecule has 1 atom stereocenters. The lowest BCUT2D eigenvalue weighted by Crippen LogP contribution is -2.29. The van der Waals surface area contributed by atoms with Crippen molar-refractivity contribution in [1.29, 1.82) is 0 Å². The summed E-state index contributed by atoms with van der Waals surface area (Å²) in [6.45, 7) is 2.60. The topological polar surface area (TPSA) is 64.4 Å². The minimum absolute atomic E-state index is 0.156. The van der Waals surface area contributed by atoms with Gasteiger partial charge in [0.1, 0.15) is 6.10 Å². The van der Waals surface area contributed by atoms with Crippen molar-refractivity contribution in [3.63, 3.8) is 0 Å². The van der Waals surface area contributed by atoms with Gasteiger partial charge in [-0.3, -0.25) is 10.1 Å². The molecule has 0 spiro atoms. The molecule has 1 aromatic carbocycles. The molecule has 22 heavy (non-hydrogen) atoms. The molecule has 2 rings (SSSR count). The summed E-state index contributed by atoms with van der Waals surface area (Å²) in [6, 6.07) is 2.29. The molecule has 1 unspecified atom stereocenters. The molecule has 0 aliphatic carbocycles. The fourth-order valence-electron chi connectivity index (χ4n) is 2.18. The lowest BCUT2D eigenvalue weighted by molar-refractivity contribution is -0.386. The molecule has 0 aromatic heterocycles. The van der Waals surface area contributed by atoms with Gasteiger partial charge < -0.3 is 10.1 Å². The smallest absolute Gasteiger partial charge is 0.416 e. The zero-order valence-corrected chi connectivity index (χ0v) is 11.8. The van der Waals surface area contributed by atoms with Gasteiger partial charge in [-0.05, 0) is 24.6 Å². The fourth-order valence-corrected chi connectivity index (χ4v) is 2.18. The molecule has 1 aliphatic rings. The SMILES string of the molecule is CCC1=CC(Oc2ccc(C(F)(F)F)cc2[N+](=O)[O-])CCN1. The number of nitro benzene ring substituents is 1. The molecule has 1 N–H and O–H groups in total. The molecule has 0 saturated heterocycles. The standard InChI is InChI=1S/C14H15F3N2O3/c1-2-10-8-11(5-6-18-10)22-13-4-3-9(14(15,16)17)7-12(13)19(20)21/h3-4,7-8,11,18H,2,5-6H2,1H3. The Balaban J connectivity index is 2.29. The number of ether oxygens (including phenoxy) is 1. The third kappa shape index (κ3) is 3.69. The largest absolute Gasteiger partial charge is 0.479 e. The normalized spacial score (nSPS) is 18.4. The first kappa shape index (κ1) is 16.1. The highest BCUT2D eigenvalue weighted by Crippen LogP contribution is 2.36. The fraction of sp³-hybridized carbons (Fsp3) is 0.429. The average molecular weight is 316 g/mol. The number of alkyl halides is 3. The molecular formula is C14H15F3N2O3. The van der Waals surface area contributed by atoms with Gasteiger partial charge in [0.15, 0.2) is 5.75 Å². The number of halogens is 3. The first-order valence-electron chi connectivity index (χ1n) is 6.78. The van der Waals surface area contributed by atoms with Gasteiger partial charge >= 0.3 is 11.9 Å². The monoisotopic (exact) mass is 316 g/mol. The van der Waals surface area contributed by atoms with Crippen LogP contribution in [0.4, 0.5) is 18.9 Å². The van der Waals surface area contributed by atoms with Crippen molar-refractivity contribution >= 4 is 5.69 Å². The van der Waals surface area contributed by atoms with E-state index in [1.54, 1.807) is 6.08 Å². The van der Waals surface area contributed by atoms with Gasteiger partial charge in [-0.1, -0.05) is 6.92 Å². The van der Waals surface area contributed by atoms with Gasteiger partial charge in [0, 0.05) is 24.7 Å². The van der Waals surface area contributed by atoms with Crippen LogP contribution in [0.15, 0.2) is 30.0 Å². The zero-order chi connectivity index (χ0) is 16.3. The Morgan fingerprint density at radius 2 is 2.18 bits per heavy atom. The number of nitrogens with zero attached hydrogens (tertiary/aromatic N) is 1. The van der Waals surface area contributed by atoms with Crippen LogP contribution < -0.4 is 10.1 Å². The highest BCUT2D eigenvalue weighted by molar-refractivity contribution is 5.49. The third-order valence-electron chi connectivity index (χ3n) is 3.31. The molecule has 1 aliphatic heterocycles. The molecule has 5 nitrogen and oxygen atoms in total. The van der Waals surface area contributed by atoms with Crippen LogP contribution in [0.5, 0.6) is 5.75 Å². The number of hydrogen-bond donors (Lipinski definition) is 1. The number of allylic oxidation sites excluding steroid dienone is 1. The third-order valence-corrected chi connectivity index (χ3v) is 3.31. The quantitative estimate of drug-likeness (QED) is 0.680. The lowest BCUT2D eigenvalue weighted by atomic mass is 10.1.